The SMILES string of the molecule is Cn1ccnc1CNc1nc2ccccc2c(=O)n1CCO. The lowest BCUT2D eigenvalue weighted by atomic mass is 10.2. The van der Waals surface area contributed by atoms with E-state index in [1.165, 1.54) is 4.57 Å². The number of nitrogens with one attached hydrogen (secondary N) is 1. The molecule has 0 atom stereocenters. The molecule has 0 unspecified atom stereocenters. The van der Waals surface area contributed by atoms with Gasteiger partial charge in [-0.05, 0) is 12.1 Å². The third-order valence-electron chi connectivity index (χ3n) is 3.51. The maximum atomic E-state index is 12.5. The van der Waals surface area contributed by atoms with Crippen LogP contribution in [0.3, 0.4) is 0 Å². The average molecular weight is 299 g/mol. The number of rotatable bonds is 5. The Kier molecular flexibility index (Phi) is 3.88. The number of imidazole rings is 1. The van der Waals surface area contributed by atoms with E-state index in [2.05, 4.69) is 15.3 Å². The Morgan fingerprint density at radius 3 is 2.86 bits per heavy atom. The van der Waals surface area contributed by atoms with E-state index >= 15 is 0 Å². The molecule has 0 aliphatic heterocycles. The molecule has 0 bridgehead atoms. The van der Waals surface area contributed by atoms with Gasteiger partial charge in [0.2, 0.25) is 5.95 Å². The number of aryl methyl sites for hydroxylation is 1. The standard InChI is InChI=1S/C15H17N5O2/c1-19-7-6-16-13(19)10-17-15-18-12-5-3-2-4-11(12)14(22)20(15)8-9-21/h2-7,21H,8-10H2,1H3,(H,17,18). The van der Waals surface area contributed by atoms with Gasteiger partial charge < -0.3 is 15.0 Å². The zero-order valence-corrected chi connectivity index (χ0v) is 12.2. The van der Waals surface area contributed by atoms with E-state index < -0.39 is 0 Å². The second kappa shape index (κ2) is 5.98. The van der Waals surface area contributed by atoms with Crippen molar-refractivity contribution in [1.82, 2.24) is 19.1 Å². The summed E-state index contributed by atoms with van der Waals surface area (Å²) in [7, 11) is 1.90. The smallest absolute Gasteiger partial charge is 0.262 e. The van der Waals surface area contributed by atoms with E-state index in [1.54, 1.807) is 24.4 Å². The third kappa shape index (κ3) is 2.58. The van der Waals surface area contributed by atoms with E-state index in [0.717, 1.165) is 5.82 Å². The molecule has 7 nitrogen and oxygen atoms in total. The first-order valence-corrected chi connectivity index (χ1v) is 7.01. The average Bonchev–Trinajstić information content (AvgIpc) is 2.94. The van der Waals surface area contributed by atoms with Gasteiger partial charge >= 0.3 is 0 Å². The van der Waals surface area contributed by atoms with E-state index in [1.807, 2.05) is 23.9 Å². The molecule has 0 radical (unpaired) electrons. The highest BCUT2D eigenvalue weighted by Crippen LogP contribution is 2.11. The predicted octanol–water partition coefficient (Wildman–Crippen LogP) is 0.734. The molecule has 0 aliphatic carbocycles. The number of aromatic nitrogens is 4. The van der Waals surface area contributed by atoms with E-state index in [0.29, 0.717) is 23.4 Å². The molecule has 7 heteroatoms. The van der Waals surface area contributed by atoms with Crippen molar-refractivity contribution in [2.45, 2.75) is 13.1 Å². The number of hydrogen-bond acceptors (Lipinski definition) is 5. The number of nitrogens with zero attached hydrogens (tertiary/aromatic N) is 4. The Labute approximate surface area is 126 Å². The molecule has 3 rings (SSSR count). The largest absolute Gasteiger partial charge is 0.395 e. The van der Waals surface area contributed by atoms with Gasteiger partial charge in [-0.15, -0.1) is 0 Å². The number of anilines is 1. The molecule has 0 spiro atoms. The zero-order chi connectivity index (χ0) is 15.5. The molecule has 1 aromatic carbocycles. The molecule has 0 saturated carbocycles. The van der Waals surface area contributed by atoms with E-state index in [9.17, 15) is 9.90 Å². The van der Waals surface area contributed by atoms with Gasteiger partial charge in [0.05, 0.1) is 30.6 Å². The van der Waals surface area contributed by atoms with Gasteiger partial charge in [-0.25, -0.2) is 9.97 Å². The molecular formula is C15H17N5O2. The van der Waals surface area contributed by atoms with Gasteiger partial charge in [0.1, 0.15) is 5.82 Å². The molecular weight excluding hydrogens is 282 g/mol. The Bertz CT molecular complexity index is 853. The monoisotopic (exact) mass is 299 g/mol. The summed E-state index contributed by atoms with van der Waals surface area (Å²) in [4.78, 5) is 21.2. The summed E-state index contributed by atoms with van der Waals surface area (Å²) in [6.45, 7) is 0.510. The number of aliphatic hydroxyl groups is 1. The van der Waals surface area contributed by atoms with Crippen LogP contribution in [0, 0.1) is 0 Å². The predicted molar refractivity (Wildman–Crippen MR) is 83.6 cm³/mol. The number of aliphatic hydroxyl groups excluding tert-OH is 1. The third-order valence-corrected chi connectivity index (χ3v) is 3.51. The quantitative estimate of drug-likeness (QED) is 0.725. The second-order valence-electron chi connectivity index (χ2n) is 4.94. The van der Waals surface area contributed by atoms with Crippen LogP contribution in [0.5, 0.6) is 0 Å². The summed E-state index contributed by atoms with van der Waals surface area (Å²) >= 11 is 0. The lowest BCUT2D eigenvalue weighted by Crippen LogP contribution is -2.26. The minimum absolute atomic E-state index is 0.128. The molecule has 3 aromatic rings. The van der Waals surface area contributed by atoms with Gasteiger partial charge in [-0.1, -0.05) is 12.1 Å². The van der Waals surface area contributed by atoms with Gasteiger partial charge in [0, 0.05) is 19.4 Å². The van der Waals surface area contributed by atoms with Crippen LogP contribution in [-0.4, -0.2) is 30.8 Å². The molecule has 0 amide bonds. The normalized spacial score (nSPS) is 11.0. The molecule has 0 aliphatic rings. The number of benzene rings is 1. The van der Waals surface area contributed by atoms with Crippen LogP contribution in [0.15, 0.2) is 41.5 Å². The van der Waals surface area contributed by atoms with Crippen molar-refractivity contribution in [3.63, 3.8) is 0 Å². The minimum atomic E-state index is -0.165. The molecule has 22 heavy (non-hydrogen) atoms. The van der Waals surface area contributed by atoms with Crippen molar-refractivity contribution in [3.05, 3.63) is 52.8 Å². The number of fused-ring (bicyclic) bond motifs is 1. The Morgan fingerprint density at radius 1 is 1.32 bits per heavy atom. The summed E-state index contributed by atoms with van der Waals surface area (Å²) in [6, 6.07) is 7.18. The summed E-state index contributed by atoms with van der Waals surface area (Å²) < 4.78 is 3.34. The molecule has 2 aromatic heterocycles. The fraction of sp³-hybridized carbons (Fsp3) is 0.267. The molecule has 114 valence electrons. The fourth-order valence-corrected chi connectivity index (χ4v) is 2.34. The Hall–Kier alpha value is -2.67. The van der Waals surface area contributed by atoms with Crippen LogP contribution < -0.4 is 10.9 Å². The molecule has 2 heterocycles. The summed E-state index contributed by atoms with van der Waals surface area (Å²) in [5.74, 6) is 1.26. The van der Waals surface area contributed by atoms with Gasteiger partial charge in [0.15, 0.2) is 0 Å². The lowest BCUT2D eigenvalue weighted by Gasteiger charge is -2.13. The first-order valence-electron chi connectivity index (χ1n) is 7.01. The van der Waals surface area contributed by atoms with Crippen LogP contribution in [0.1, 0.15) is 5.82 Å². The van der Waals surface area contributed by atoms with Crippen LogP contribution in [-0.2, 0) is 20.1 Å². The van der Waals surface area contributed by atoms with E-state index in [-0.39, 0.29) is 18.7 Å². The first-order chi connectivity index (χ1) is 10.7. The van der Waals surface area contributed by atoms with Crippen molar-refractivity contribution in [2.24, 2.45) is 7.05 Å². The lowest BCUT2D eigenvalue weighted by molar-refractivity contribution is 0.275. The van der Waals surface area contributed by atoms with Crippen LogP contribution >= 0.6 is 0 Å². The van der Waals surface area contributed by atoms with Crippen molar-refractivity contribution < 1.29 is 5.11 Å². The molecule has 0 fully saturated rings. The van der Waals surface area contributed by atoms with Gasteiger partial charge in [-0.2, -0.15) is 0 Å². The minimum Gasteiger partial charge on any atom is -0.395 e. The highest BCUT2D eigenvalue weighted by atomic mass is 16.3. The van der Waals surface area contributed by atoms with Gasteiger partial charge in [-0.3, -0.25) is 9.36 Å². The summed E-state index contributed by atoms with van der Waals surface area (Å²) in [5, 5.41) is 12.9. The van der Waals surface area contributed by atoms with Gasteiger partial charge in [0.25, 0.3) is 5.56 Å². The molecule has 2 N–H and O–H groups in total. The van der Waals surface area contributed by atoms with Crippen molar-refractivity contribution in [3.8, 4) is 0 Å². The number of hydrogen-bond donors (Lipinski definition) is 2. The topological polar surface area (TPSA) is 85.0 Å². The van der Waals surface area contributed by atoms with Crippen molar-refractivity contribution in [1.29, 1.82) is 0 Å². The number of para-hydroxylation sites is 1. The zero-order valence-electron chi connectivity index (χ0n) is 12.2. The summed E-state index contributed by atoms with van der Waals surface area (Å²) in [5.41, 5.74) is 0.464. The maximum absolute atomic E-state index is 12.5. The fourth-order valence-electron chi connectivity index (χ4n) is 2.34. The van der Waals surface area contributed by atoms with Crippen LogP contribution in [0.2, 0.25) is 0 Å². The maximum Gasteiger partial charge on any atom is 0.262 e. The Balaban J connectivity index is 2.01. The highest BCUT2D eigenvalue weighted by molar-refractivity contribution is 5.78. The van der Waals surface area contributed by atoms with Crippen LogP contribution in [0.4, 0.5) is 5.95 Å². The Morgan fingerprint density at radius 2 is 2.14 bits per heavy atom. The molecule has 0 saturated heterocycles. The summed E-state index contributed by atoms with van der Waals surface area (Å²) in [6.07, 6.45) is 3.57. The van der Waals surface area contributed by atoms with Crippen molar-refractivity contribution >= 4 is 16.9 Å². The van der Waals surface area contributed by atoms with Crippen LogP contribution in [0.25, 0.3) is 10.9 Å². The first kappa shape index (κ1) is 14.3. The van der Waals surface area contributed by atoms with Crippen molar-refractivity contribution in [2.75, 3.05) is 11.9 Å². The van der Waals surface area contributed by atoms with E-state index in [4.69, 9.17) is 0 Å². The second-order valence-corrected chi connectivity index (χ2v) is 4.94. The highest BCUT2D eigenvalue weighted by Gasteiger charge is 2.11.